The van der Waals surface area contributed by atoms with Gasteiger partial charge in [-0.05, 0) is 37.8 Å². The summed E-state index contributed by atoms with van der Waals surface area (Å²) in [5.74, 6) is -0.524. The largest absolute Gasteiger partial charge is 0.398 e. The van der Waals surface area contributed by atoms with Crippen molar-refractivity contribution in [2.45, 2.75) is 46.6 Å². The average molecular weight is 274 g/mol. The van der Waals surface area contributed by atoms with E-state index in [2.05, 4.69) is 20.8 Å². The lowest BCUT2D eigenvalue weighted by Crippen LogP contribution is -2.49. The minimum absolute atomic E-state index is 0.0182. The molecule has 0 bridgehead atoms. The van der Waals surface area contributed by atoms with E-state index in [1.807, 2.05) is 13.8 Å². The number of nitrogens with two attached hydrogens (primary N) is 1. The summed E-state index contributed by atoms with van der Waals surface area (Å²) in [6.07, 6.45) is 0.728. The van der Waals surface area contributed by atoms with Crippen LogP contribution in [-0.4, -0.2) is 22.3 Å². The Morgan fingerprint density at radius 1 is 1.05 bits per heavy atom. The summed E-state index contributed by atoms with van der Waals surface area (Å²) >= 11 is 0. The number of amides is 2. The van der Waals surface area contributed by atoms with Crippen LogP contribution in [0, 0.1) is 5.41 Å². The Hall–Kier alpha value is -1.84. The van der Waals surface area contributed by atoms with Crippen molar-refractivity contribution in [1.82, 2.24) is 4.90 Å². The molecular weight excluding hydrogens is 252 g/mol. The third kappa shape index (κ3) is 2.30. The van der Waals surface area contributed by atoms with E-state index in [-0.39, 0.29) is 17.2 Å². The highest BCUT2D eigenvalue weighted by molar-refractivity contribution is 6.24. The molecule has 0 fully saturated rings. The molecule has 2 amide bonds. The summed E-state index contributed by atoms with van der Waals surface area (Å²) in [5, 5.41) is 0. The van der Waals surface area contributed by atoms with Crippen LogP contribution in [0.1, 0.15) is 61.8 Å². The Bertz CT molecular complexity index is 583. The van der Waals surface area contributed by atoms with Crippen molar-refractivity contribution < 1.29 is 9.59 Å². The molecule has 0 aliphatic carbocycles. The Balaban J connectivity index is 2.45. The fourth-order valence-electron chi connectivity index (χ4n) is 3.24. The topological polar surface area (TPSA) is 63.4 Å². The molecule has 0 saturated heterocycles. The standard InChI is InChI=1S/C16H22N2O2/c1-15(2,3)9-16(4,5)18-13(19)10-7-6-8-11(17)12(10)14(18)20/h6-8H,9,17H2,1-5H3. The number of hydrogen-bond acceptors (Lipinski definition) is 3. The highest BCUT2D eigenvalue weighted by Crippen LogP contribution is 2.37. The quantitative estimate of drug-likeness (QED) is 0.666. The van der Waals surface area contributed by atoms with Gasteiger partial charge in [0.25, 0.3) is 11.8 Å². The van der Waals surface area contributed by atoms with Crippen molar-refractivity contribution in [3.05, 3.63) is 29.3 Å². The van der Waals surface area contributed by atoms with Crippen molar-refractivity contribution in [3.63, 3.8) is 0 Å². The first-order valence-corrected chi connectivity index (χ1v) is 6.82. The van der Waals surface area contributed by atoms with Gasteiger partial charge in [0.15, 0.2) is 0 Å². The van der Waals surface area contributed by atoms with Crippen molar-refractivity contribution in [2.24, 2.45) is 5.41 Å². The molecule has 0 spiro atoms. The molecule has 1 aromatic rings. The maximum Gasteiger partial charge on any atom is 0.264 e. The molecule has 0 radical (unpaired) electrons. The molecule has 1 aliphatic rings. The Morgan fingerprint density at radius 3 is 2.15 bits per heavy atom. The molecule has 1 aliphatic heterocycles. The predicted molar refractivity (Wildman–Crippen MR) is 79.5 cm³/mol. The van der Waals surface area contributed by atoms with Crippen LogP contribution >= 0.6 is 0 Å². The summed E-state index contributed by atoms with van der Waals surface area (Å²) < 4.78 is 0. The lowest BCUT2D eigenvalue weighted by atomic mass is 9.81. The molecule has 1 heterocycles. The van der Waals surface area contributed by atoms with E-state index in [1.54, 1.807) is 18.2 Å². The van der Waals surface area contributed by atoms with Gasteiger partial charge in [0.05, 0.1) is 11.1 Å². The first-order chi connectivity index (χ1) is 9.04. The average Bonchev–Trinajstić information content (AvgIpc) is 2.49. The molecule has 0 atom stereocenters. The third-order valence-corrected chi connectivity index (χ3v) is 3.52. The van der Waals surface area contributed by atoms with Crippen LogP contribution in [0.15, 0.2) is 18.2 Å². The van der Waals surface area contributed by atoms with Crippen LogP contribution < -0.4 is 5.73 Å². The molecular formula is C16H22N2O2. The number of benzene rings is 1. The summed E-state index contributed by atoms with van der Waals surface area (Å²) in [5.41, 5.74) is 6.46. The molecule has 0 saturated carbocycles. The lowest BCUT2D eigenvalue weighted by Gasteiger charge is -2.38. The molecule has 20 heavy (non-hydrogen) atoms. The molecule has 0 unspecified atom stereocenters. The van der Waals surface area contributed by atoms with Gasteiger partial charge in [-0.2, -0.15) is 0 Å². The molecule has 2 N–H and O–H groups in total. The maximum atomic E-state index is 12.6. The fourth-order valence-corrected chi connectivity index (χ4v) is 3.24. The van der Waals surface area contributed by atoms with Gasteiger partial charge in [-0.15, -0.1) is 0 Å². The maximum absolute atomic E-state index is 12.6. The molecule has 2 rings (SSSR count). The van der Waals surface area contributed by atoms with Crippen LogP contribution in [0.25, 0.3) is 0 Å². The smallest absolute Gasteiger partial charge is 0.264 e. The Kier molecular flexibility index (Phi) is 3.16. The summed E-state index contributed by atoms with van der Waals surface area (Å²) in [7, 11) is 0. The first-order valence-electron chi connectivity index (χ1n) is 6.82. The Labute approximate surface area is 119 Å². The molecule has 4 heteroatoms. The number of carbonyl (C=O) groups is 2. The normalized spacial score (nSPS) is 15.8. The van der Waals surface area contributed by atoms with Crippen LogP contribution in [0.2, 0.25) is 0 Å². The monoisotopic (exact) mass is 274 g/mol. The van der Waals surface area contributed by atoms with Crippen LogP contribution in [-0.2, 0) is 0 Å². The van der Waals surface area contributed by atoms with Gasteiger partial charge < -0.3 is 5.73 Å². The number of hydrogen-bond donors (Lipinski definition) is 1. The second-order valence-electron chi connectivity index (χ2n) is 7.27. The fraction of sp³-hybridized carbons (Fsp3) is 0.500. The summed E-state index contributed by atoms with van der Waals surface area (Å²) in [4.78, 5) is 26.5. The van der Waals surface area contributed by atoms with Crippen LogP contribution in [0.4, 0.5) is 5.69 Å². The van der Waals surface area contributed by atoms with E-state index in [0.717, 1.165) is 6.42 Å². The van der Waals surface area contributed by atoms with Gasteiger partial charge in [-0.1, -0.05) is 26.8 Å². The zero-order valence-electron chi connectivity index (χ0n) is 12.8. The van der Waals surface area contributed by atoms with E-state index < -0.39 is 5.54 Å². The van der Waals surface area contributed by atoms with E-state index in [9.17, 15) is 9.59 Å². The lowest BCUT2D eigenvalue weighted by molar-refractivity contribution is 0.0408. The zero-order chi connectivity index (χ0) is 15.3. The zero-order valence-corrected chi connectivity index (χ0v) is 12.8. The molecule has 0 aromatic heterocycles. The third-order valence-electron chi connectivity index (χ3n) is 3.52. The van der Waals surface area contributed by atoms with Gasteiger partial charge >= 0.3 is 0 Å². The molecule has 108 valence electrons. The van der Waals surface area contributed by atoms with Crippen LogP contribution in [0.5, 0.6) is 0 Å². The number of nitrogens with zero attached hydrogens (tertiary/aromatic N) is 1. The first kappa shape index (κ1) is 14.6. The second kappa shape index (κ2) is 4.33. The number of carbonyl (C=O) groups excluding carboxylic acids is 2. The van der Waals surface area contributed by atoms with Crippen molar-refractivity contribution in [3.8, 4) is 0 Å². The minimum Gasteiger partial charge on any atom is -0.398 e. The second-order valence-corrected chi connectivity index (χ2v) is 7.27. The number of fused-ring (bicyclic) bond motifs is 1. The van der Waals surface area contributed by atoms with E-state index in [1.165, 1.54) is 4.90 Å². The van der Waals surface area contributed by atoms with Gasteiger partial charge in [-0.3, -0.25) is 14.5 Å². The van der Waals surface area contributed by atoms with E-state index >= 15 is 0 Å². The molecule has 1 aromatic carbocycles. The highest BCUT2D eigenvalue weighted by atomic mass is 16.2. The van der Waals surface area contributed by atoms with Gasteiger partial charge in [0.2, 0.25) is 0 Å². The van der Waals surface area contributed by atoms with Gasteiger partial charge in [0.1, 0.15) is 0 Å². The number of nitrogen functional groups attached to an aromatic ring is 1. The molecule has 4 nitrogen and oxygen atoms in total. The SMILES string of the molecule is CC(C)(C)CC(C)(C)N1C(=O)c2cccc(N)c2C1=O. The predicted octanol–water partition coefficient (Wildman–Crippen LogP) is 3.08. The van der Waals surface area contributed by atoms with Crippen LogP contribution in [0.3, 0.4) is 0 Å². The number of rotatable bonds is 2. The number of anilines is 1. The van der Waals surface area contributed by atoms with E-state index in [4.69, 9.17) is 5.73 Å². The minimum atomic E-state index is -0.544. The van der Waals surface area contributed by atoms with Crippen molar-refractivity contribution >= 4 is 17.5 Å². The number of imide groups is 1. The van der Waals surface area contributed by atoms with E-state index in [0.29, 0.717) is 16.8 Å². The highest BCUT2D eigenvalue weighted by Gasteiger charge is 2.46. The van der Waals surface area contributed by atoms with Gasteiger partial charge in [-0.25, -0.2) is 0 Å². The van der Waals surface area contributed by atoms with Gasteiger partial charge in [0, 0.05) is 11.2 Å². The van der Waals surface area contributed by atoms with Crippen molar-refractivity contribution in [2.75, 3.05) is 5.73 Å². The summed E-state index contributed by atoms with van der Waals surface area (Å²) in [6.45, 7) is 10.1. The Morgan fingerprint density at radius 2 is 1.65 bits per heavy atom. The van der Waals surface area contributed by atoms with Crippen molar-refractivity contribution in [1.29, 1.82) is 0 Å². The summed E-state index contributed by atoms with van der Waals surface area (Å²) in [6, 6.07) is 5.03.